The summed E-state index contributed by atoms with van der Waals surface area (Å²) in [4.78, 5) is 15.5. The van der Waals surface area contributed by atoms with Gasteiger partial charge in [-0.2, -0.15) is 4.98 Å². The lowest BCUT2D eigenvalue weighted by Crippen LogP contribution is -2.55. The molecule has 1 atom stereocenters. The molecule has 0 radical (unpaired) electrons. The summed E-state index contributed by atoms with van der Waals surface area (Å²) in [5.41, 5.74) is 0. The highest BCUT2D eigenvalue weighted by atomic mass is 32.1. The fraction of sp³-hybridized carbons (Fsp3) is 0.600. The van der Waals surface area contributed by atoms with Crippen molar-refractivity contribution >= 4 is 33.3 Å². The van der Waals surface area contributed by atoms with Crippen LogP contribution in [0.25, 0.3) is 10.2 Å². The third-order valence-electron chi connectivity index (χ3n) is 4.67. The Hall–Kier alpha value is -1.40. The Balaban J connectivity index is 1.67. The van der Waals surface area contributed by atoms with Gasteiger partial charge in [-0.15, -0.1) is 11.3 Å². The van der Waals surface area contributed by atoms with Crippen molar-refractivity contribution in [3.8, 4) is 0 Å². The van der Waals surface area contributed by atoms with Crippen LogP contribution in [0.1, 0.15) is 19.3 Å². The smallest absolute Gasteiger partial charge is 0.225 e. The molecule has 2 fully saturated rings. The fourth-order valence-electron chi connectivity index (χ4n) is 3.54. The van der Waals surface area contributed by atoms with Crippen LogP contribution in [0.15, 0.2) is 11.4 Å². The molecule has 0 bridgehead atoms. The number of aromatic nitrogens is 2. The van der Waals surface area contributed by atoms with Crippen LogP contribution in [-0.2, 0) is 0 Å². The minimum Gasteiger partial charge on any atom is -0.357 e. The zero-order chi connectivity index (χ0) is 14.2. The van der Waals surface area contributed by atoms with Crippen LogP contribution in [0, 0.1) is 0 Å². The number of piperidine rings is 1. The quantitative estimate of drug-likeness (QED) is 0.923. The molecule has 112 valence electrons. The van der Waals surface area contributed by atoms with Gasteiger partial charge in [-0.25, -0.2) is 4.98 Å². The first-order valence-corrected chi connectivity index (χ1v) is 8.65. The predicted molar refractivity (Wildman–Crippen MR) is 88.4 cm³/mol. The second-order valence-corrected chi connectivity index (χ2v) is 6.79. The number of fused-ring (bicyclic) bond motifs is 2. The molecule has 0 aliphatic carbocycles. The van der Waals surface area contributed by atoms with Crippen molar-refractivity contribution in [1.29, 1.82) is 0 Å². The predicted octanol–water partition coefficient (Wildman–Crippen LogP) is 2.41. The largest absolute Gasteiger partial charge is 0.357 e. The van der Waals surface area contributed by atoms with Crippen LogP contribution in [-0.4, -0.2) is 54.1 Å². The lowest BCUT2D eigenvalue weighted by atomic mass is 9.99. The molecule has 2 aliphatic heterocycles. The molecule has 2 aromatic heterocycles. The van der Waals surface area contributed by atoms with E-state index in [0.717, 1.165) is 36.2 Å². The number of hydrogen-bond acceptors (Lipinski definition) is 6. The average molecular weight is 303 g/mol. The average Bonchev–Trinajstić information content (AvgIpc) is 3.01. The number of nitrogens with zero attached hydrogens (tertiary/aromatic N) is 4. The number of anilines is 2. The molecule has 21 heavy (non-hydrogen) atoms. The summed E-state index contributed by atoms with van der Waals surface area (Å²) in [5, 5.41) is 6.40. The van der Waals surface area contributed by atoms with Gasteiger partial charge in [0.05, 0.1) is 5.39 Å². The molecular formula is C15H21N5S. The van der Waals surface area contributed by atoms with Crippen LogP contribution < -0.4 is 10.2 Å². The monoisotopic (exact) mass is 303 g/mol. The van der Waals surface area contributed by atoms with E-state index in [0.29, 0.717) is 6.04 Å². The zero-order valence-corrected chi connectivity index (χ0v) is 13.2. The van der Waals surface area contributed by atoms with E-state index in [1.807, 2.05) is 7.05 Å². The van der Waals surface area contributed by atoms with Crippen LogP contribution in [0.5, 0.6) is 0 Å². The van der Waals surface area contributed by atoms with E-state index in [2.05, 4.69) is 31.5 Å². The van der Waals surface area contributed by atoms with Gasteiger partial charge in [0.25, 0.3) is 0 Å². The highest BCUT2D eigenvalue weighted by Crippen LogP contribution is 2.31. The number of rotatable bonds is 2. The molecule has 5 nitrogen and oxygen atoms in total. The minimum absolute atomic E-state index is 0.703. The molecule has 2 aromatic rings. The molecule has 0 saturated carbocycles. The second-order valence-electron chi connectivity index (χ2n) is 5.89. The van der Waals surface area contributed by atoms with Gasteiger partial charge in [0, 0.05) is 32.7 Å². The van der Waals surface area contributed by atoms with Gasteiger partial charge in [0.15, 0.2) is 0 Å². The molecular weight excluding hydrogens is 282 g/mol. The van der Waals surface area contributed by atoms with E-state index in [1.54, 1.807) is 11.3 Å². The third-order valence-corrected chi connectivity index (χ3v) is 5.47. The number of nitrogens with one attached hydrogen (secondary N) is 1. The fourth-order valence-corrected chi connectivity index (χ4v) is 4.30. The zero-order valence-electron chi connectivity index (χ0n) is 12.4. The topological polar surface area (TPSA) is 44.3 Å². The summed E-state index contributed by atoms with van der Waals surface area (Å²) in [6.45, 7) is 4.61. The van der Waals surface area contributed by atoms with Crippen molar-refractivity contribution in [3.63, 3.8) is 0 Å². The molecule has 1 unspecified atom stereocenters. The van der Waals surface area contributed by atoms with Crippen LogP contribution in [0.2, 0.25) is 0 Å². The number of hydrogen-bond donors (Lipinski definition) is 1. The molecule has 0 aromatic carbocycles. The van der Waals surface area contributed by atoms with Crippen molar-refractivity contribution < 1.29 is 0 Å². The highest BCUT2D eigenvalue weighted by Gasteiger charge is 2.30. The van der Waals surface area contributed by atoms with Gasteiger partial charge in [-0.3, -0.25) is 4.90 Å². The summed E-state index contributed by atoms with van der Waals surface area (Å²) in [6.07, 6.45) is 4.06. The van der Waals surface area contributed by atoms with Gasteiger partial charge in [-0.05, 0) is 30.8 Å². The third kappa shape index (κ3) is 2.36. The summed E-state index contributed by atoms with van der Waals surface area (Å²) in [6, 6.07) is 2.86. The van der Waals surface area contributed by atoms with Crippen molar-refractivity contribution in [3.05, 3.63) is 11.4 Å². The first kappa shape index (κ1) is 13.3. The summed E-state index contributed by atoms with van der Waals surface area (Å²) in [5.74, 6) is 1.84. The van der Waals surface area contributed by atoms with Crippen LogP contribution in [0.3, 0.4) is 0 Å². The van der Waals surface area contributed by atoms with Gasteiger partial charge < -0.3 is 10.2 Å². The van der Waals surface area contributed by atoms with Gasteiger partial charge in [0.2, 0.25) is 5.95 Å². The Morgan fingerprint density at radius 1 is 1.24 bits per heavy atom. The first-order valence-electron chi connectivity index (χ1n) is 7.77. The maximum Gasteiger partial charge on any atom is 0.225 e. The van der Waals surface area contributed by atoms with E-state index >= 15 is 0 Å². The van der Waals surface area contributed by atoms with E-state index in [1.165, 1.54) is 31.2 Å². The molecule has 1 N–H and O–H groups in total. The summed E-state index contributed by atoms with van der Waals surface area (Å²) >= 11 is 1.69. The SMILES string of the molecule is CNc1nc(N2CCN3CCCCC3C2)c2ccsc2n1. The molecule has 2 saturated heterocycles. The maximum atomic E-state index is 4.74. The molecule has 2 aliphatic rings. The van der Waals surface area contributed by atoms with E-state index < -0.39 is 0 Å². The van der Waals surface area contributed by atoms with E-state index in [4.69, 9.17) is 4.98 Å². The van der Waals surface area contributed by atoms with Gasteiger partial charge >= 0.3 is 0 Å². The highest BCUT2D eigenvalue weighted by molar-refractivity contribution is 7.16. The van der Waals surface area contributed by atoms with E-state index in [9.17, 15) is 0 Å². The van der Waals surface area contributed by atoms with E-state index in [-0.39, 0.29) is 0 Å². The van der Waals surface area contributed by atoms with Crippen molar-refractivity contribution in [2.24, 2.45) is 0 Å². The number of thiophene rings is 1. The maximum absolute atomic E-state index is 4.74. The molecule has 4 heterocycles. The Kier molecular flexibility index (Phi) is 3.43. The minimum atomic E-state index is 0.703. The van der Waals surface area contributed by atoms with Crippen molar-refractivity contribution in [2.75, 3.05) is 43.4 Å². The first-order chi connectivity index (χ1) is 10.3. The Bertz CT molecular complexity index is 640. The molecule has 0 spiro atoms. The standard InChI is InChI=1S/C15H21N5S/c1-16-15-17-13(12-5-9-21-14(12)18-15)20-8-7-19-6-3-2-4-11(19)10-20/h5,9,11H,2-4,6-8,10H2,1H3,(H,16,17,18). The Morgan fingerprint density at radius 3 is 3.10 bits per heavy atom. The number of piperazine rings is 1. The lowest BCUT2D eigenvalue weighted by Gasteiger charge is -2.44. The second kappa shape index (κ2) is 5.42. The van der Waals surface area contributed by atoms with Crippen molar-refractivity contribution in [1.82, 2.24) is 14.9 Å². The summed E-state index contributed by atoms with van der Waals surface area (Å²) < 4.78 is 0. The Labute approximate surface area is 129 Å². The molecule has 4 rings (SSSR count). The Morgan fingerprint density at radius 2 is 2.19 bits per heavy atom. The van der Waals surface area contributed by atoms with Crippen LogP contribution in [0.4, 0.5) is 11.8 Å². The van der Waals surface area contributed by atoms with Crippen LogP contribution >= 0.6 is 11.3 Å². The van der Waals surface area contributed by atoms with Gasteiger partial charge in [-0.1, -0.05) is 6.42 Å². The lowest BCUT2D eigenvalue weighted by molar-refractivity contribution is 0.133. The molecule has 0 amide bonds. The van der Waals surface area contributed by atoms with Gasteiger partial charge in [0.1, 0.15) is 10.6 Å². The normalized spacial score (nSPS) is 23.3. The van der Waals surface area contributed by atoms with Crippen molar-refractivity contribution in [2.45, 2.75) is 25.3 Å². The summed E-state index contributed by atoms with van der Waals surface area (Å²) in [7, 11) is 1.89. The molecule has 6 heteroatoms.